The van der Waals surface area contributed by atoms with Crippen LogP contribution in [-0.4, -0.2) is 38.5 Å². The van der Waals surface area contributed by atoms with Crippen LogP contribution in [0.15, 0.2) is 65.4 Å². The largest absolute Gasteiger partial charge is 0.433 e. The quantitative estimate of drug-likeness (QED) is 0.441. The zero-order valence-electron chi connectivity index (χ0n) is 16.9. The van der Waals surface area contributed by atoms with E-state index in [4.69, 9.17) is 0 Å². The Kier molecular flexibility index (Phi) is 6.88. The lowest BCUT2D eigenvalue weighted by Gasteiger charge is -2.07. The van der Waals surface area contributed by atoms with E-state index in [0.29, 0.717) is 11.5 Å². The lowest BCUT2D eigenvalue weighted by molar-refractivity contribution is -0.141. The number of nitrogens with one attached hydrogen (secondary N) is 1. The maximum Gasteiger partial charge on any atom is 0.433 e. The highest BCUT2D eigenvalue weighted by molar-refractivity contribution is 5.89. The van der Waals surface area contributed by atoms with Gasteiger partial charge in [-0.15, -0.1) is 0 Å². The molecule has 1 N–H and O–H groups in total. The number of carbonyl (C=O) groups excluding carboxylic acids is 1. The van der Waals surface area contributed by atoms with E-state index in [1.165, 1.54) is 29.5 Å². The second-order valence-corrected chi connectivity index (χ2v) is 6.60. The summed E-state index contributed by atoms with van der Waals surface area (Å²) < 4.78 is 40.0. The first kappa shape index (κ1) is 22.5. The number of alkyl halides is 3. The zero-order valence-corrected chi connectivity index (χ0v) is 16.9. The third-order valence-electron chi connectivity index (χ3n) is 4.21. The molecule has 0 unspecified atom stereocenters. The van der Waals surface area contributed by atoms with Gasteiger partial charge in [-0.2, -0.15) is 13.2 Å². The van der Waals surface area contributed by atoms with Crippen LogP contribution in [0.4, 0.5) is 19.0 Å². The predicted octanol–water partition coefficient (Wildman–Crippen LogP) is 4.09. The Bertz CT molecular complexity index is 1160. The van der Waals surface area contributed by atoms with Gasteiger partial charge >= 0.3 is 6.18 Å². The van der Waals surface area contributed by atoms with Gasteiger partial charge < -0.3 is 9.88 Å². The molecule has 0 fully saturated rings. The number of imidazole rings is 1. The SMILES string of the molecule is C=N/C=N\C=C(/C)c1ccc(NC(=O)Cn2cnc(-c3ccnc(C(F)(F)F)c3)c2)nc1. The highest BCUT2D eigenvalue weighted by Gasteiger charge is 2.32. The molecular weight excluding hydrogens is 423 g/mol. The maximum absolute atomic E-state index is 12.8. The number of pyridine rings is 2. The van der Waals surface area contributed by atoms with Crippen LogP contribution in [0.1, 0.15) is 18.2 Å². The highest BCUT2D eigenvalue weighted by atomic mass is 19.4. The third kappa shape index (κ3) is 5.94. The number of anilines is 1. The summed E-state index contributed by atoms with van der Waals surface area (Å²) >= 11 is 0. The topological polar surface area (TPSA) is 97.4 Å². The molecule has 0 aliphatic rings. The summed E-state index contributed by atoms with van der Waals surface area (Å²) in [5.41, 5.74) is 1.21. The normalized spacial score (nSPS) is 12.2. The minimum Gasteiger partial charge on any atom is -0.327 e. The average Bonchev–Trinajstić information content (AvgIpc) is 3.22. The molecule has 0 bridgehead atoms. The molecule has 0 aliphatic heterocycles. The molecule has 3 heterocycles. The second kappa shape index (κ2) is 9.77. The van der Waals surface area contributed by atoms with Crippen LogP contribution in [0.2, 0.25) is 0 Å². The number of rotatable bonds is 7. The molecule has 0 saturated heterocycles. The monoisotopic (exact) mass is 441 g/mol. The van der Waals surface area contributed by atoms with E-state index in [1.807, 2.05) is 6.92 Å². The van der Waals surface area contributed by atoms with E-state index >= 15 is 0 Å². The van der Waals surface area contributed by atoms with Gasteiger partial charge in [0.1, 0.15) is 24.4 Å². The molecule has 164 valence electrons. The van der Waals surface area contributed by atoms with E-state index in [9.17, 15) is 18.0 Å². The van der Waals surface area contributed by atoms with E-state index < -0.39 is 11.9 Å². The number of halogens is 3. The van der Waals surface area contributed by atoms with Crippen molar-refractivity contribution in [3.8, 4) is 11.3 Å². The van der Waals surface area contributed by atoms with Crippen LogP contribution in [-0.2, 0) is 17.5 Å². The summed E-state index contributed by atoms with van der Waals surface area (Å²) in [6.45, 7) is 5.06. The smallest absolute Gasteiger partial charge is 0.327 e. The van der Waals surface area contributed by atoms with Gasteiger partial charge in [0.25, 0.3) is 0 Å². The molecule has 0 spiro atoms. The molecule has 3 rings (SSSR count). The fraction of sp³-hybridized carbons (Fsp3) is 0.143. The average molecular weight is 441 g/mol. The van der Waals surface area contributed by atoms with Crippen molar-refractivity contribution in [2.24, 2.45) is 9.98 Å². The van der Waals surface area contributed by atoms with Gasteiger partial charge in [0.05, 0.1) is 12.0 Å². The molecule has 3 aromatic heterocycles. The van der Waals surface area contributed by atoms with Crippen LogP contribution >= 0.6 is 0 Å². The van der Waals surface area contributed by atoms with Gasteiger partial charge in [-0.25, -0.2) is 15.0 Å². The van der Waals surface area contributed by atoms with Gasteiger partial charge in [-0.1, -0.05) is 0 Å². The summed E-state index contributed by atoms with van der Waals surface area (Å²) in [5, 5.41) is 2.66. The molecule has 32 heavy (non-hydrogen) atoms. The first-order valence-electron chi connectivity index (χ1n) is 9.22. The van der Waals surface area contributed by atoms with Crippen LogP contribution in [0.25, 0.3) is 16.8 Å². The first-order chi connectivity index (χ1) is 15.3. The van der Waals surface area contributed by atoms with E-state index in [2.05, 4.69) is 37.0 Å². The molecule has 0 saturated carbocycles. The van der Waals surface area contributed by atoms with E-state index in [-0.39, 0.29) is 18.0 Å². The predicted molar refractivity (Wildman–Crippen MR) is 115 cm³/mol. The summed E-state index contributed by atoms with van der Waals surface area (Å²) in [5.74, 6) is -0.0130. The maximum atomic E-state index is 12.8. The molecule has 11 heteroatoms. The molecule has 1 amide bonds. The van der Waals surface area contributed by atoms with Crippen LogP contribution in [0.3, 0.4) is 0 Å². The highest BCUT2D eigenvalue weighted by Crippen LogP contribution is 2.30. The minimum absolute atomic E-state index is 0.0875. The number of carbonyl (C=O) groups is 1. The first-order valence-corrected chi connectivity index (χ1v) is 9.22. The number of aliphatic imine (C=N–C) groups is 2. The third-order valence-corrected chi connectivity index (χ3v) is 4.21. The van der Waals surface area contributed by atoms with E-state index in [0.717, 1.165) is 23.4 Å². The van der Waals surface area contributed by atoms with Crippen molar-refractivity contribution in [2.75, 3.05) is 5.32 Å². The summed E-state index contributed by atoms with van der Waals surface area (Å²) in [7, 11) is 0. The lowest BCUT2D eigenvalue weighted by atomic mass is 10.1. The Morgan fingerprint density at radius 3 is 2.75 bits per heavy atom. The van der Waals surface area contributed by atoms with Crippen LogP contribution in [0.5, 0.6) is 0 Å². The Hall–Kier alpha value is -4.15. The number of hydrogen-bond acceptors (Lipinski definition) is 5. The Labute approximate surface area is 181 Å². The zero-order chi connectivity index (χ0) is 23.1. The fourth-order valence-electron chi connectivity index (χ4n) is 2.66. The standard InChI is InChI=1S/C21H18F3N7O/c1-14(8-26-12-25-2)16-3-4-19(28-9-16)30-20(32)11-31-10-17(29-13-31)15-5-6-27-18(7-15)21(22,23)24/h3-10,12-13H,2,11H2,1H3,(H,28,30,32)/b14-8+,26-12-. The van der Waals surface area contributed by atoms with Gasteiger partial charge in [-0.3, -0.25) is 14.8 Å². The minimum atomic E-state index is -4.55. The van der Waals surface area contributed by atoms with Gasteiger partial charge in [-0.05, 0) is 49.0 Å². The van der Waals surface area contributed by atoms with Crippen molar-refractivity contribution in [1.29, 1.82) is 0 Å². The molecule has 0 atom stereocenters. The molecule has 8 nitrogen and oxygen atoms in total. The van der Waals surface area contributed by atoms with Crippen molar-refractivity contribution in [1.82, 2.24) is 19.5 Å². The van der Waals surface area contributed by atoms with Crippen molar-refractivity contribution in [3.63, 3.8) is 0 Å². The van der Waals surface area contributed by atoms with Crippen LogP contribution < -0.4 is 5.32 Å². The summed E-state index contributed by atoms with van der Waals surface area (Å²) in [6, 6.07) is 5.76. The second-order valence-electron chi connectivity index (χ2n) is 6.60. The van der Waals surface area contributed by atoms with Crippen molar-refractivity contribution in [2.45, 2.75) is 19.6 Å². The number of allylic oxidation sites excluding steroid dienone is 1. The fourth-order valence-corrected chi connectivity index (χ4v) is 2.66. The summed E-state index contributed by atoms with van der Waals surface area (Å²) in [4.78, 5) is 31.4. The molecular formula is C21H18F3N7O. The number of amides is 1. The van der Waals surface area contributed by atoms with Crippen molar-refractivity contribution >= 4 is 30.4 Å². The number of nitrogens with zero attached hydrogens (tertiary/aromatic N) is 6. The number of aromatic nitrogens is 4. The summed E-state index contributed by atoms with van der Waals surface area (Å²) in [6.07, 6.45) is 3.89. The Balaban J connectivity index is 1.63. The molecule has 0 radical (unpaired) electrons. The van der Waals surface area contributed by atoms with Crippen molar-refractivity contribution < 1.29 is 18.0 Å². The molecule has 0 aromatic carbocycles. The van der Waals surface area contributed by atoms with Gasteiger partial charge in [0.15, 0.2) is 0 Å². The van der Waals surface area contributed by atoms with Crippen molar-refractivity contribution in [3.05, 3.63) is 66.6 Å². The Morgan fingerprint density at radius 1 is 1.25 bits per heavy atom. The molecule has 0 aliphatic carbocycles. The lowest BCUT2D eigenvalue weighted by Crippen LogP contribution is -2.18. The Morgan fingerprint density at radius 2 is 2.06 bits per heavy atom. The van der Waals surface area contributed by atoms with Gasteiger partial charge in [0.2, 0.25) is 5.91 Å². The number of hydrogen-bond donors (Lipinski definition) is 1. The van der Waals surface area contributed by atoms with E-state index in [1.54, 1.807) is 24.5 Å². The van der Waals surface area contributed by atoms with Crippen LogP contribution in [0, 0.1) is 0 Å². The molecule has 3 aromatic rings. The van der Waals surface area contributed by atoms with Gasteiger partial charge in [0, 0.05) is 30.4 Å².